The Morgan fingerprint density at radius 2 is 1.53 bits per heavy atom. The molecule has 0 aromatic heterocycles. The van der Waals surface area contributed by atoms with Crippen LogP contribution in [0.15, 0.2) is 42.5 Å². The minimum Gasteiger partial charge on any atom is -0.454 e. The largest absolute Gasteiger partial charge is 0.454 e. The Morgan fingerprint density at radius 3 is 2.19 bits per heavy atom. The average Bonchev–Trinajstić information content (AvgIpc) is 3.44. The van der Waals surface area contributed by atoms with Crippen molar-refractivity contribution in [1.82, 2.24) is 16.0 Å². The summed E-state index contributed by atoms with van der Waals surface area (Å²) in [6.45, 7) is 1.04. The van der Waals surface area contributed by atoms with Crippen molar-refractivity contribution in [2.24, 2.45) is 11.8 Å². The van der Waals surface area contributed by atoms with Gasteiger partial charge in [0, 0.05) is 26.2 Å². The maximum Gasteiger partial charge on any atom is 0.416 e. The molecule has 2 atom stereocenters. The lowest BCUT2D eigenvalue weighted by atomic mass is 9.94. The van der Waals surface area contributed by atoms with Gasteiger partial charge in [0.15, 0.2) is 11.5 Å². The van der Waals surface area contributed by atoms with Gasteiger partial charge in [-0.3, -0.25) is 9.59 Å². The van der Waals surface area contributed by atoms with Crippen LogP contribution >= 0.6 is 0 Å². The molecule has 2 aromatic carbocycles. The lowest BCUT2D eigenvalue weighted by Gasteiger charge is -2.18. The molecule has 0 spiro atoms. The third-order valence-corrected chi connectivity index (χ3v) is 5.51. The van der Waals surface area contributed by atoms with Gasteiger partial charge < -0.3 is 25.4 Å². The van der Waals surface area contributed by atoms with Gasteiger partial charge in [-0.05, 0) is 35.4 Å². The van der Waals surface area contributed by atoms with Crippen molar-refractivity contribution < 1.29 is 32.2 Å². The summed E-state index contributed by atoms with van der Waals surface area (Å²) in [4.78, 5) is 25.3. The average molecular weight is 449 g/mol. The highest BCUT2D eigenvalue weighted by atomic mass is 19.4. The zero-order valence-corrected chi connectivity index (χ0v) is 17.0. The molecule has 0 saturated carbocycles. The van der Waals surface area contributed by atoms with Crippen LogP contribution in [-0.4, -0.2) is 31.7 Å². The summed E-state index contributed by atoms with van der Waals surface area (Å²) in [5, 5.41) is 8.52. The Balaban J connectivity index is 1.31. The molecule has 1 fully saturated rings. The molecule has 7 nitrogen and oxygen atoms in total. The molecule has 4 rings (SSSR count). The number of ether oxygens (including phenoxy) is 2. The second kappa shape index (κ2) is 9.07. The van der Waals surface area contributed by atoms with Gasteiger partial charge in [0.05, 0.1) is 17.4 Å². The Kier molecular flexibility index (Phi) is 6.22. The van der Waals surface area contributed by atoms with Crippen molar-refractivity contribution >= 4 is 11.8 Å². The van der Waals surface area contributed by atoms with Gasteiger partial charge in [-0.15, -0.1) is 0 Å². The SMILES string of the molecule is O=C(NCc1ccc2c(c1)OCO2)C1CNC[C@@H]1C(=O)NCc1cccc(C(F)(F)F)c1. The van der Waals surface area contributed by atoms with E-state index in [0.717, 1.165) is 17.7 Å². The van der Waals surface area contributed by atoms with E-state index in [-0.39, 0.29) is 31.7 Å². The normalized spacial score (nSPS) is 19.6. The molecule has 2 aromatic rings. The molecule has 0 aliphatic carbocycles. The number of amides is 2. The quantitative estimate of drug-likeness (QED) is 0.630. The Labute approximate surface area is 182 Å². The van der Waals surface area contributed by atoms with Crippen LogP contribution in [0, 0.1) is 11.8 Å². The number of carbonyl (C=O) groups excluding carboxylic acids is 2. The maximum atomic E-state index is 12.9. The highest BCUT2D eigenvalue weighted by Crippen LogP contribution is 2.32. The molecular formula is C22H22F3N3O4. The molecule has 10 heteroatoms. The van der Waals surface area contributed by atoms with Crippen LogP contribution in [0.1, 0.15) is 16.7 Å². The Hall–Kier alpha value is -3.27. The summed E-state index contributed by atoms with van der Waals surface area (Å²) >= 11 is 0. The number of carbonyl (C=O) groups is 2. The van der Waals surface area contributed by atoms with E-state index in [1.54, 1.807) is 12.1 Å². The molecule has 1 saturated heterocycles. The van der Waals surface area contributed by atoms with Crippen LogP contribution in [-0.2, 0) is 28.9 Å². The standard InChI is InChI=1S/C22H22F3N3O4/c23-22(24,25)15-3-1-2-13(6-15)8-27-20(29)16-10-26-11-17(16)21(30)28-9-14-4-5-18-19(7-14)32-12-31-18/h1-7,16-17,26H,8-12H2,(H,27,29)(H,28,30)/t16-,17?/m0/s1. The van der Waals surface area contributed by atoms with Crippen LogP contribution in [0.3, 0.4) is 0 Å². The first-order chi connectivity index (χ1) is 15.3. The third kappa shape index (κ3) is 4.96. The van der Waals surface area contributed by atoms with Gasteiger partial charge in [0.25, 0.3) is 0 Å². The van der Waals surface area contributed by atoms with E-state index in [2.05, 4.69) is 16.0 Å². The number of halogens is 3. The van der Waals surface area contributed by atoms with Gasteiger partial charge in [-0.1, -0.05) is 18.2 Å². The van der Waals surface area contributed by atoms with E-state index in [9.17, 15) is 22.8 Å². The van der Waals surface area contributed by atoms with E-state index in [4.69, 9.17) is 9.47 Å². The van der Waals surface area contributed by atoms with Crippen molar-refractivity contribution in [2.75, 3.05) is 19.9 Å². The number of benzene rings is 2. The van der Waals surface area contributed by atoms with Crippen molar-refractivity contribution in [2.45, 2.75) is 19.3 Å². The first kappa shape index (κ1) is 21.9. The van der Waals surface area contributed by atoms with Crippen molar-refractivity contribution in [3.8, 4) is 11.5 Å². The van der Waals surface area contributed by atoms with E-state index in [1.165, 1.54) is 12.1 Å². The number of fused-ring (bicyclic) bond motifs is 1. The van der Waals surface area contributed by atoms with Gasteiger partial charge >= 0.3 is 6.18 Å². The summed E-state index contributed by atoms with van der Waals surface area (Å²) in [6, 6.07) is 10.2. The zero-order chi connectivity index (χ0) is 22.7. The monoisotopic (exact) mass is 449 g/mol. The van der Waals surface area contributed by atoms with Crippen molar-refractivity contribution in [3.63, 3.8) is 0 Å². The van der Waals surface area contributed by atoms with Crippen LogP contribution in [0.4, 0.5) is 13.2 Å². The molecule has 2 aliphatic heterocycles. The number of hydrogen-bond acceptors (Lipinski definition) is 5. The van der Waals surface area contributed by atoms with E-state index < -0.39 is 23.6 Å². The van der Waals surface area contributed by atoms with E-state index in [0.29, 0.717) is 30.2 Å². The number of rotatable bonds is 6. The predicted molar refractivity (Wildman–Crippen MR) is 108 cm³/mol. The second-order valence-electron chi connectivity index (χ2n) is 7.69. The van der Waals surface area contributed by atoms with Crippen molar-refractivity contribution in [1.29, 1.82) is 0 Å². The molecule has 32 heavy (non-hydrogen) atoms. The maximum absolute atomic E-state index is 12.9. The smallest absolute Gasteiger partial charge is 0.416 e. The summed E-state index contributed by atoms with van der Waals surface area (Å²) < 4.78 is 49.2. The molecule has 0 bridgehead atoms. The van der Waals surface area contributed by atoms with Crippen molar-refractivity contribution in [3.05, 3.63) is 59.2 Å². The highest BCUT2D eigenvalue weighted by molar-refractivity contribution is 5.88. The summed E-state index contributed by atoms with van der Waals surface area (Å²) in [5.41, 5.74) is 0.398. The fraction of sp³-hybridized carbons (Fsp3) is 0.364. The predicted octanol–water partition coefficient (Wildman–Crippen LogP) is 2.20. The minimum atomic E-state index is -4.45. The second-order valence-corrected chi connectivity index (χ2v) is 7.69. The minimum absolute atomic E-state index is 0.0508. The zero-order valence-electron chi connectivity index (χ0n) is 17.0. The van der Waals surface area contributed by atoms with Gasteiger partial charge in [0.2, 0.25) is 18.6 Å². The number of hydrogen-bond donors (Lipinski definition) is 3. The number of alkyl halides is 3. The van der Waals surface area contributed by atoms with Crippen LogP contribution in [0.5, 0.6) is 11.5 Å². The number of nitrogens with one attached hydrogen (secondary N) is 3. The molecule has 3 N–H and O–H groups in total. The summed E-state index contributed by atoms with van der Waals surface area (Å²) in [6.07, 6.45) is -4.45. The van der Waals surface area contributed by atoms with Crippen LogP contribution < -0.4 is 25.4 Å². The van der Waals surface area contributed by atoms with E-state index in [1.807, 2.05) is 6.07 Å². The van der Waals surface area contributed by atoms with Gasteiger partial charge in [0.1, 0.15) is 0 Å². The fourth-order valence-corrected chi connectivity index (χ4v) is 3.78. The molecule has 2 aliphatic rings. The van der Waals surface area contributed by atoms with Gasteiger partial charge in [-0.2, -0.15) is 13.2 Å². The lowest BCUT2D eigenvalue weighted by Crippen LogP contribution is -2.41. The molecule has 1 unspecified atom stereocenters. The van der Waals surface area contributed by atoms with Gasteiger partial charge in [-0.25, -0.2) is 0 Å². The molecule has 0 radical (unpaired) electrons. The summed E-state index contributed by atoms with van der Waals surface area (Å²) in [7, 11) is 0. The highest BCUT2D eigenvalue weighted by Gasteiger charge is 2.37. The Morgan fingerprint density at radius 1 is 0.906 bits per heavy atom. The molecule has 2 amide bonds. The van der Waals surface area contributed by atoms with E-state index >= 15 is 0 Å². The third-order valence-electron chi connectivity index (χ3n) is 5.51. The van der Waals surface area contributed by atoms with Crippen LogP contribution in [0.25, 0.3) is 0 Å². The molecule has 170 valence electrons. The summed E-state index contributed by atoms with van der Waals surface area (Å²) in [5.74, 6) is -0.575. The topological polar surface area (TPSA) is 88.7 Å². The Bertz CT molecular complexity index is 1010. The fourth-order valence-electron chi connectivity index (χ4n) is 3.78. The first-order valence-electron chi connectivity index (χ1n) is 10.1. The molecule has 2 heterocycles. The molecular weight excluding hydrogens is 427 g/mol. The van der Waals surface area contributed by atoms with Crippen LogP contribution in [0.2, 0.25) is 0 Å². The first-order valence-corrected chi connectivity index (χ1v) is 10.1. The lowest BCUT2D eigenvalue weighted by molar-refractivity contribution is -0.137.